The molecule has 1 aliphatic heterocycles. The molecule has 2 rings (SSSR count). The standard InChI is InChI=1S/C16H20F2N2O3/c1-10(21)7-12-3-2-6-20(12)15(22)9-19-16(23)11-4-5-13(17)14(18)8-11/h4-5,8,10,12,21H,2-3,6-7,9H2,1H3,(H,19,23). The van der Waals surface area contributed by atoms with Gasteiger partial charge in [0.15, 0.2) is 11.6 Å². The van der Waals surface area contributed by atoms with Crippen LogP contribution >= 0.6 is 0 Å². The smallest absolute Gasteiger partial charge is 0.251 e. The van der Waals surface area contributed by atoms with Crippen LogP contribution in [0, 0.1) is 11.6 Å². The molecule has 1 fully saturated rings. The van der Waals surface area contributed by atoms with Gasteiger partial charge in [-0.2, -0.15) is 0 Å². The summed E-state index contributed by atoms with van der Waals surface area (Å²) in [5.74, 6) is -3.02. The number of amides is 2. The predicted octanol–water partition coefficient (Wildman–Crippen LogP) is 1.46. The lowest BCUT2D eigenvalue weighted by molar-refractivity contribution is -0.131. The topological polar surface area (TPSA) is 69.6 Å². The molecule has 2 unspecified atom stereocenters. The molecule has 0 saturated carbocycles. The molecule has 2 amide bonds. The van der Waals surface area contributed by atoms with Crippen molar-refractivity contribution in [1.29, 1.82) is 0 Å². The average Bonchev–Trinajstić information content (AvgIpc) is 2.94. The molecule has 1 saturated heterocycles. The van der Waals surface area contributed by atoms with Crippen LogP contribution in [0.1, 0.15) is 36.5 Å². The number of benzene rings is 1. The number of likely N-dealkylation sites (tertiary alicyclic amines) is 1. The van der Waals surface area contributed by atoms with Crippen molar-refractivity contribution in [3.8, 4) is 0 Å². The number of rotatable bonds is 5. The molecule has 7 heteroatoms. The van der Waals surface area contributed by atoms with Crippen LogP contribution < -0.4 is 5.32 Å². The Kier molecular flexibility index (Phi) is 5.65. The molecule has 0 radical (unpaired) electrons. The summed E-state index contributed by atoms with van der Waals surface area (Å²) in [4.78, 5) is 25.7. The van der Waals surface area contributed by atoms with Crippen LogP contribution in [0.25, 0.3) is 0 Å². The lowest BCUT2D eigenvalue weighted by Crippen LogP contribution is -2.43. The third-order valence-corrected chi connectivity index (χ3v) is 3.89. The molecule has 1 aromatic rings. The van der Waals surface area contributed by atoms with E-state index in [0.717, 1.165) is 31.0 Å². The van der Waals surface area contributed by atoms with Crippen molar-refractivity contribution in [2.75, 3.05) is 13.1 Å². The monoisotopic (exact) mass is 326 g/mol. The summed E-state index contributed by atoms with van der Waals surface area (Å²) in [5, 5.41) is 11.9. The number of aliphatic hydroxyl groups is 1. The fourth-order valence-corrected chi connectivity index (χ4v) is 2.80. The van der Waals surface area contributed by atoms with E-state index in [0.29, 0.717) is 13.0 Å². The van der Waals surface area contributed by atoms with Crippen LogP contribution in [0.3, 0.4) is 0 Å². The molecule has 2 N–H and O–H groups in total. The number of hydrogen-bond acceptors (Lipinski definition) is 3. The Hall–Kier alpha value is -2.02. The zero-order valence-electron chi connectivity index (χ0n) is 12.9. The first kappa shape index (κ1) is 17.3. The number of hydrogen-bond donors (Lipinski definition) is 2. The molecule has 0 spiro atoms. The molecule has 23 heavy (non-hydrogen) atoms. The molecule has 2 atom stereocenters. The summed E-state index contributed by atoms with van der Waals surface area (Å²) in [5.41, 5.74) is -0.0429. The highest BCUT2D eigenvalue weighted by Crippen LogP contribution is 2.21. The highest BCUT2D eigenvalue weighted by Gasteiger charge is 2.29. The average molecular weight is 326 g/mol. The van der Waals surface area contributed by atoms with E-state index in [1.54, 1.807) is 11.8 Å². The maximum atomic E-state index is 13.1. The first-order chi connectivity index (χ1) is 10.9. The summed E-state index contributed by atoms with van der Waals surface area (Å²) < 4.78 is 25.9. The fourth-order valence-electron chi connectivity index (χ4n) is 2.80. The van der Waals surface area contributed by atoms with Crippen LogP contribution in [-0.2, 0) is 4.79 Å². The van der Waals surface area contributed by atoms with Crippen molar-refractivity contribution in [2.24, 2.45) is 0 Å². The Morgan fingerprint density at radius 1 is 1.39 bits per heavy atom. The maximum Gasteiger partial charge on any atom is 0.251 e. The zero-order chi connectivity index (χ0) is 17.0. The van der Waals surface area contributed by atoms with Crippen molar-refractivity contribution >= 4 is 11.8 Å². The van der Waals surface area contributed by atoms with Crippen LogP contribution in [0.4, 0.5) is 8.78 Å². The highest BCUT2D eigenvalue weighted by atomic mass is 19.2. The van der Waals surface area contributed by atoms with Crippen LogP contribution in [0.2, 0.25) is 0 Å². The van der Waals surface area contributed by atoms with E-state index in [9.17, 15) is 23.5 Å². The number of nitrogens with zero attached hydrogens (tertiary/aromatic N) is 1. The molecule has 126 valence electrons. The quantitative estimate of drug-likeness (QED) is 0.861. The molecular weight excluding hydrogens is 306 g/mol. The highest BCUT2D eigenvalue weighted by molar-refractivity contribution is 5.96. The van der Waals surface area contributed by atoms with Crippen molar-refractivity contribution in [1.82, 2.24) is 10.2 Å². The van der Waals surface area contributed by atoms with Gasteiger partial charge in [0.25, 0.3) is 5.91 Å². The third kappa shape index (κ3) is 4.48. The van der Waals surface area contributed by atoms with Crippen molar-refractivity contribution < 1.29 is 23.5 Å². The Bertz CT molecular complexity index is 593. The summed E-state index contributed by atoms with van der Waals surface area (Å²) >= 11 is 0. The lowest BCUT2D eigenvalue weighted by atomic mass is 10.1. The van der Waals surface area contributed by atoms with Gasteiger partial charge in [0.1, 0.15) is 0 Å². The molecule has 0 bridgehead atoms. The number of carbonyl (C=O) groups is 2. The van der Waals surface area contributed by atoms with Gasteiger partial charge in [0.2, 0.25) is 5.91 Å². The number of halogens is 2. The minimum absolute atomic E-state index is 0.0253. The van der Waals surface area contributed by atoms with E-state index in [2.05, 4.69) is 5.32 Å². The molecule has 0 aromatic heterocycles. The molecule has 1 aromatic carbocycles. The normalized spacial score (nSPS) is 18.8. The number of aliphatic hydroxyl groups excluding tert-OH is 1. The Labute approximate surface area is 133 Å². The van der Waals surface area contributed by atoms with Gasteiger partial charge in [-0.1, -0.05) is 0 Å². The van der Waals surface area contributed by atoms with Gasteiger partial charge in [-0.3, -0.25) is 9.59 Å². The SMILES string of the molecule is CC(O)CC1CCCN1C(=O)CNC(=O)c1ccc(F)c(F)c1. The Balaban J connectivity index is 1.90. The summed E-state index contributed by atoms with van der Waals surface area (Å²) in [7, 11) is 0. The Morgan fingerprint density at radius 3 is 2.78 bits per heavy atom. The first-order valence-corrected chi connectivity index (χ1v) is 7.59. The van der Waals surface area contributed by atoms with Crippen LogP contribution in [0.15, 0.2) is 18.2 Å². The zero-order valence-corrected chi connectivity index (χ0v) is 12.9. The van der Waals surface area contributed by atoms with E-state index in [4.69, 9.17) is 0 Å². The van der Waals surface area contributed by atoms with Gasteiger partial charge in [-0.05, 0) is 44.4 Å². The van der Waals surface area contributed by atoms with Crippen molar-refractivity contribution in [2.45, 2.75) is 38.3 Å². The van der Waals surface area contributed by atoms with Gasteiger partial charge in [0.05, 0.1) is 12.6 Å². The van der Waals surface area contributed by atoms with Gasteiger partial charge < -0.3 is 15.3 Å². The van der Waals surface area contributed by atoms with E-state index in [1.165, 1.54) is 0 Å². The van der Waals surface area contributed by atoms with E-state index in [-0.39, 0.29) is 24.1 Å². The molecule has 0 aliphatic carbocycles. The minimum Gasteiger partial charge on any atom is -0.393 e. The summed E-state index contributed by atoms with van der Waals surface area (Å²) in [6.45, 7) is 2.05. The number of carbonyl (C=O) groups excluding carboxylic acids is 2. The summed E-state index contributed by atoms with van der Waals surface area (Å²) in [6, 6.07) is 2.79. The second-order valence-corrected chi connectivity index (χ2v) is 5.78. The molecule has 1 aliphatic rings. The molecule has 5 nitrogen and oxygen atoms in total. The van der Waals surface area contributed by atoms with E-state index in [1.807, 2.05) is 0 Å². The van der Waals surface area contributed by atoms with Gasteiger partial charge in [-0.25, -0.2) is 8.78 Å². The maximum absolute atomic E-state index is 13.1. The van der Waals surface area contributed by atoms with Crippen molar-refractivity contribution in [3.05, 3.63) is 35.4 Å². The Morgan fingerprint density at radius 2 is 2.13 bits per heavy atom. The molecular formula is C16H20F2N2O3. The molecule has 1 heterocycles. The number of nitrogens with one attached hydrogen (secondary N) is 1. The van der Waals surface area contributed by atoms with Crippen molar-refractivity contribution in [3.63, 3.8) is 0 Å². The van der Waals surface area contributed by atoms with Gasteiger partial charge in [-0.15, -0.1) is 0 Å². The van der Waals surface area contributed by atoms with Gasteiger partial charge >= 0.3 is 0 Å². The second-order valence-electron chi connectivity index (χ2n) is 5.78. The fraction of sp³-hybridized carbons (Fsp3) is 0.500. The van der Waals surface area contributed by atoms with E-state index < -0.39 is 23.6 Å². The van der Waals surface area contributed by atoms with Crippen LogP contribution in [0.5, 0.6) is 0 Å². The second kappa shape index (κ2) is 7.50. The minimum atomic E-state index is -1.11. The van der Waals surface area contributed by atoms with Crippen LogP contribution in [-0.4, -0.2) is 47.1 Å². The van der Waals surface area contributed by atoms with E-state index >= 15 is 0 Å². The largest absolute Gasteiger partial charge is 0.393 e. The van der Waals surface area contributed by atoms with Gasteiger partial charge in [0, 0.05) is 18.2 Å². The lowest BCUT2D eigenvalue weighted by Gasteiger charge is -2.25. The summed E-state index contributed by atoms with van der Waals surface area (Å²) in [6.07, 6.45) is 1.70. The predicted molar refractivity (Wildman–Crippen MR) is 79.7 cm³/mol. The first-order valence-electron chi connectivity index (χ1n) is 7.59. The third-order valence-electron chi connectivity index (χ3n) is 3.89.